The largest absolute Gasteiger partial charge is 0.392 e. The summed E-state index contributed by atoms with van der Waals surface area (Å²) < 4.78 is 0. The highest BCUT2D eigenvalue weighted by Crippen LogP contribution is 2.41. The summed E-state index contributed by atoms with van der Waals surface area (Å²) in [7, 11) is 0. The quantitative estimate of drug-likeness (QED) is 0.792. The Labute approximate surface area is 121 Å². The summed E-state index contributed by atoms with van der Waals surface area (Å²) in [5, 5.41) is 0. The molecule has 2 aliphatic rings. The molecule has 2 N–H and O–H groups in total. The third-order valence-corrected chi connectivity index (χ3v) is 5.36. The number of rotatable bonds is 2. The predicted molar refractivity (Wildman–Crippen MR) is 81.9 cm³/mol. The first-order valence-electron chi connectivity index (χ1n) is 7.47. The molecule has 1 aliphatic heterocycles. The molecule has 0 spiro atoms. The highest BCUT2D eigenvalue weighted by molar-refractivity contribution is 7.80. The molecule has 0 radical (unpaired) electrons. The van der Waals surface area contributed by atoms with Gasteiger partial charge >= 0.3 is 0 Å². The van der Waals surface area contributed by atoms with E-state index < -0.39 is 5.41 Å². The lowest BCUT2D eigenvalue weighted by atomic mass is 9.84. The lowest BCUT2D eigenvalue weighted by Crippen LogP contribution is -2.49. The van der Waals surface area contributed by atoms with Crippen LogP contribution in [0.25, 0.3) is 0 Å². The molecule has 0 aromatic rings. The fourth-order valence-corrected chi connectivity index (χ4v) is 3.76. The van der Waals surface area contributed by atoms with Crippen molar-refractivity contribution in [3.05, 3.63) is 0 Å². The van der Waals surface area contributed by atoms with Crippen molar-refractivity contribution in [2.45, 2.75) is 58.8 Å². The van der Waals surface area contributed by atoms with Crippen molar-refractivity contribution in [2.75, 3.05) is 13.1 Å². The van der Waals surface area contributed by atoms with Gasteiger partial charge in [0, 0.05) is 13.1 Å². The van der Waals surface area contributed by atoms with E-state index in [9.17, 15) is 4.79 Å². The lowest BCUT2D eigenvalue weighted by Gasteiger charge is -2.33. The van der Waals surface area contributed by atoms with Crippen LogP contribution in [0.2, 0.25) is 0 Å². The van der Waals surface area contributed by atoms with Crippen molar-refractivity contribution in [1.29, 1.82) is 0 Å². The molecule has 3 nitrogen and oxygen atoms in total. The van der Waals surface area contributed by atoms with E-state index in [1.54, 1.807) is 0 Å². The molecule has 0 unspecified atom stereocenters. The number of hydrogen-bond acceptors (Lipinski definition) is 2. The zero-order valence-electron chi connectivity index (χ0n) is 12.2. The minimum Gasteiger partial charge on any atom is -0.392 e. The van der Waals surface area contributed by atoms with E-state index in [4.69, 9.17) is 18.0 Å². The van der Waals surface area contributed by atoms with Crippen LogP contribution in [0.15, 0.2) is 0 Å². The second kappa shape index (κ2) is 5.39. The van der Waals surface area contributed by atoms with Gasteiger partial charge in [-0.05, 0) is 37.5 Å². The highest BCUT2D eigenvalue weighted by Gasteiger charge is 2.46. The number of thiocarbonyl (C=S) groups is 1. The Morgan fingerprint density at radius 2 is 1.68 bits per heavy atom. The summed E-state index contributed by atoms with van der Waals surface area (Å²) in [6.45, 7) is 6.31. The normalized spacial score (nSPS) is 25.9. The van der Waals surface area contributed by atoms with Crippen molar-refractivity contribution < 1.29 is 4.79 Å². The van der Waals surface area contributed by atoms with Crippen LogP contribution in [0.1, 0.15) is 58.8 Å². The molecular weight excluding hydrogens is 256 g/mol. The van der Waals surface area contributed by atoms with Crippen LogP contribution in [0.5, 0.6) is 0 Å². The van der Waals surface area contributed by atoms with Crippen molar-refractivity contribution >= 4 is 23.1 Å². The van der Waals surface area contributed by atoms with Gasteiger partial charge in [0.25, 0.3) is 0 Å². The van der Waals surface area contributed by atoms with Gasteiger partial charge in [0.2, 0.25) is 5.91 Å². The maximum Gasteiger partial charge on any atom is 0.235 e. The molecule has 1 amide bonds. The average Bonchev–Trinajstić information content (AvgIpc) is 2.76. The van der Waals surface area contributed by atoms with Crippen molar-refractivity contribution in [2.24, 2.45) is 16.6 Å². The van der Waals surface area contributed by atoms with Crippen LogP contribution in [0, 0.1) is 10.8 Å². The second-order valence-electron chi connectivity index (χ2n) is 6.96. The molecular formula is C15H26N2OS. The van der Waals surface area contributed by atoms with Crippen LogP contribution < -0.4 is 5.73 Å². The Morgan fingerprint density at radius 3 is 2.26 bits per heavy atom. The first-order valence-corrected chi connectivity index (χ1v) is 7.88. The van der Waals surface area contributed by atoms with E-state index in [0.29, 0.717) is 10.4 Å². The number of nitrogens with zero attached hydrogens (tertiary/aromatic N) is 1. The Balaban J connectivity index is 2.12. The molecule has 1 aliphatic carbocycles. The Kier molecular flexibility index (Phi) is 4.19. The van der Waals surface area contributed by atoms with Gasteiger partial charge in [0.05, 0.1) is 10.4 Å². The molecule has 0 aromatic heterocycles. The van der Waals surface area contributed by atoms with E-state index >= 15 is 0 Å². The zero-order valence-corrected chi connectivity index (χ0v) is 13.0. The van der Waals surface area contributed by atoms with E-state index in [1.807, 2.05) is 4.90 Å². The Morgan fingerprint density at radius 1 is 1.05 bits per heavy atom. The van der Waals surface area contributed by atoms with Crippen LogP contribution in [0.4, 0.5) is 0 Å². The van der Waals surface area contributed by atoms with Crippen LogP contribution in [0.3, 0.4) is 0 Å². The maximum absolute atomic E-state index is 12.9. The first-order chi connectivity index (χ1) is 8.87. The van der Waals surface area contributed by atoms with Crippen molar-refractivity contribution in [1.82, 2.24) is 4.90 Å². The monoisotopic (exact) mass is 282 g/mol. The topological polar surface area (TPSA) is 46.3 Å². The third-order valence-electron chi connectivity index (χ3n) is 4.97. The maximum atomic E-state index is 12.9. The molecule has 0 aromatic carbocycles. The summed E-state index contributed by atoms with van der Waals surface area (Å²) in [5.74, 6) is 0.204. The van der Waals surface area contributed by atoms with Gasteiger partial charge in [-0.25, -0.2) is 0 Å². The van der Waals surface area contributed by atoms with E-state index in [0.717, 1.165) is 51.6 Å². The van der Waals surface area contributed by atoms with Crippen LogP contribution in [-0.4, -0.2) is 28.9 Å². The SMILES string of the molecule is CC1(C)CCCN(C(=O)C2(C(N)=S)CCCC2)CC1. The summed E-state index contributed by atoms with van der Waals surface area (Å²) >= 11 is 5.22. The van der Waals surface area contributed by atoms with Gasteiger partial charge in [-0.1, -0.05) is 38.9 Å². The molecule has 1 saturated carbocycles. The molecule has 0 bridgehead atoms. The second-order valence-corrected chi connectivity index (χ2v) is 7.40. The van der Waals surface area contributed by atoms with Gasteiger partial charge < -0.3 is 10.6 Å². The van der Waals surface area contributed by atoms with Crippen LogP contribution in [-0.2, 0) is 4.79 Å². The summed E-state index contributed by atoms with van der Waals surface area (Å²) in [5.41, 5.74) is 5.74. The first kappa shape index (κ1) is 14.8. The van der Waals surface area contributed by atoms with Gasteiger partial charge in [-0.15, -0.1) is 0 Å². The zero-order chi connectivity index (χ0) is 14.1. The van der Waals surface area contributed by atoms with E-state index in [1.165, 1.54) is 6.42 Å². The van der Waals surface area contributed by atoms with Gasteiger partial charge in [-0.3, -0.25) is 4.79 Å². The van der Waals surface area contributed by atoms with Crippen molar-refractivity contribution in [3.8, 4) is 0 Å². The Bertz CT molecular complexity index is 372. The smallest absolute Gasteiger partial charge is 0.235 e. The minimum absolute atomic E-state index is 0.204. The number of carbonyl (C=O) groups is 1. The molecule has 1 heterocycles. The fraction of sp³-hybridized carbons (Fsp3) is 0.867. The van der Waals surface area contributed by atoms with Crippen molar-refractivity contribution in [3.63, 3.8) is 0 Å². The van der Waals surface area contributed by atoms with E-state index in [-0.39, 0.29) is 5.91 Å². The molecule has 1 saturated heterocycles. The molecule has 108 valence electrons. The number of carbonyl (C=O) groups excluding carboxylic acids is 1. The lowest BCUT2D eigenvalue weighted by molar-refractivity contribution is -0.138. The molecule has 4 heteroatoms. The molecule has 2 fully saturated rings. The van der Waals surface area contributed by atoms with Gasteiger partial charge in [0.1, 0.15) is 0 Å². The van der Waals surface area contributed by atoms with Crippen LogP contribution >= 0.6 is 12.2 Å². The summed E-state index contributed by atoms with van der Waals surface area (Å²) in [6, 6.07) is 0. The number of likely N-dealkylation sites (tertiary alicyclic amines) is 1. The number of amides is 1. The third kappa shape index (κ3) is 2.93. The molecule has 2 rings (SSSR count). The number of hydrogen-bond donors (Lipinski definition) is 1. The predicted octanol–water partition coefficient (Wildman–Crippen LogP) is 2.87. The highest BCUT2D eigenvalue weighted by atomic mass is 32.1. The van der Waals surface area contributed by atoms with Gasteiger partial charge in [-0.2, -0.15) is 0 Å². The molecule has 19 heavy (non-hydrogen) atoms. The van der Waals surface area contributed by atoms with E-state index in [2.05, 4.69) is 13.8 Å². The standard InChI is InChI=1S/C15H26N2OS/c1-14(2)6-5-10-17(11-9-14)13(18)15(12(16)19)7-3-4-8-15/h3-11H2,1-2H3,(H2,16,19). The minimum atomic E-state index is -0.524. The Hall–Kier alpha value is -0.640. The van der Waals surface area contributed by atoms with Gasteiger partial charge in [0.15, 0.2) is 0 Å². The fourth-order valence-electron chi connectivity index (χ4n) is 3.47. The summed E-state index contributed by atoms with van der Waals surface area (Å²) in [6.07, 6.45) is 7.20. The average molecular weight is 282 g/mol. The molecule has 0 atom stereocenters. The summed E-state index contributed by atoms with van der Waals surface area (Å²) in [4.78, 5) is 15.3. The number of nitrogens with two attached hydrogens (primary N) is 1.